The van der Waals surface area contributed by atoms with Gasteiger partial charge in [0.05, 0.1) is 6.61 Å². The number of carbonyl (C=O) groups excluding carboxylic acids is 1. The van der Waals surface area contributed by atoms with Gasteiger partial charge in [0.2, 0.25) is 0 Å². The van der Waals surface area contributed by atoms with Crippen LogP contribution in [0.4, 0.5) is 0 Å². The van der Waals surface area contributed by atoms with E-state index in [9.17, 15) is 4.79 Å². The van der Waals surface area contributed by atoms with Gasteiger partial charge in [-0.15, -0.1) is 0 Å². The molecule has 70 valence electrons. The van der Waals surface area contributed by atoms with E-state index in [-0.39, 0.29) is 5.97 Å². The molecule has 0 aromatic heterocycles. The first kappa shape index (κ1) is 11.6. The Bertz CT molecular complexity index is 164. The number of carbonyl (C=O) groups is 1. The third kappa shape index (κ3) is 5.24. The molecule has 0 aliphatic rings. The van der Waals surface area contributed by atoms with E-state index in [1.807, 2.05) is 0 Å². The molecule has 0 N–H and O–H groups in total. The van der Waals surface area contributed by atoms with Crippen LogP contribution in [0.15, 0.2) is 12.2 Å². The summed E-state index contributed by atoms with van der Waals surface area (Å²) in [6.07, 6.45) is 0. The topological polar surface area (TPSA) is 26.3 Å². The maximum absolute atomic E-state index is 11.0. The second-order valence-electron chi connectivity index (χ2n) is 2.68. The van der Waals surface area contributed by atoms with Crippen molar-refractivity contribution in [3.63, 3.8) is 0 Å². The second-order valence-corrected chi connectivity index (χ2v) is 4.25. The van der Waals surface area contributed by atoms with Crippen LogP contribution in [-0.4, -0.2) is 23.6 Å². The Morgan fingerprint density at radius 3 is 2.58 bits per heavy atom. The first-order valence-electron chi connectivity index (χ1n) is 4.04. The molecule has 0 aliphatic heterocycles. The molecule has 0 radical (unpaired) electrons. The minimum absolute atomic E-state index is 0.273. The molecule has 0 aromatic carbocycles. The summed E-state index contributed by atoms with van der Waals surface area (Å²) in [6.45, 7) is 10.0. The molecule has 0 spiro atoms. The van der Waals surface area contributed by atoms with E-state index in [1.54, 1.807) is 18.7 Å². The van der Waals surface area contributed by atoms with Gasteiger partial charge in [-0.05, 0) is 12.2 Å². The van der Waals surface area contributed by atoms with E-state index in [4.69, 9.17) is 4.74 Å². The van der Waals surface area contributed by atoms with Gasteiger partial charge in [0.15, 0.2) is 0 Å². The molecule has 0 rings (SSSR count). The molecule has 0 bridgehead atoms. The average molecular weight is 188 g/mol. The lowest BCUT2D eigenvalue weighted by Gasteiger charge is -2.06. The molecule has 0 unspecified atom stereocenters. The molecule has 0 saturated heterocycles. The number of thioether (sulfide) groups is 1. The van der Waals surface area contributed by atoms with Crippen LogP contribution in [0, 0.1) is 0 Å². The van der Waals surface area contributed by atoms with Crippen LogP contribution in [0.25, 0.3) is 0 Å². The molecule has 0 aromatic rings. The molecule has 0 fully saturated rings. The van der Waals surface area contributed by atoms with Crippen molar-refractivity contribution < 1.29 is 9.53 Å². The Kier molecular flexibility index (Phi) is 5.89. The van der Waals surface area contributed by atoms with Crippen molar-refractivity contribution in [3.05, 3.63) is 12.2 Å². The number of hydrogen-bond donors (Lipinski definition) is 0. The first-order chi connectivity index (χ1) is 5.57. The largest absolute Gasteiger partial charge is 0.463 e. The number of hydrogen-bond acceptors (Lipinski definition) is 3. The fourth-order valence-corrected chi connectivity index (χ4v) is 1.21. The predicted molar refractivity (Wildman–Crippen MR) is 53.4 cm³/mol. The van der Waals surface area contributed by atoms with Gasteiger partial charge < -0.3 is 4.74 Å². The van der Waals surface area contributed by atoms with Crippen molar-refractivity contribution in [2.45, 2.75) is 26.0 Å². The predicted octanol–water partition coefficient (Wildman–Crippen LogP) is 2.25. The third-order valence-electron chi connectivity index (χ3n) is 1.16. The van der Waals surface area contributed by atoms with Crippen molar-refractivity contribution in [1.29, 1.82) is 0 Å². The van der Waals surface area contributed by atoms with Gasteiger partial charge in [-0.3, -0.25) is 0 Å². The van der Waals surface area contributed by atoms with Gasteiger partial charge >= 0.3 is 5.97 Å². The van der Waals surface area contributed by atoms with Crippen LogP contribution < -0.4 is 0 Å². The van der Waals surface area contributed by atoms with Crippen molar-refractivity contribution in [1.82, 2.24) is 0 Å². The van der Waals surface area contributed by atoms with Gasteiger partial charge in [-0.25, -0.2) is 4.79 Å². The van der Waals surface area contributed by atoms with Gasteiger partial charge in [-0.2, -0.15) is 11.8 Å². The number of esters is 1. The fraction of sp³-hybridized carbons (Fsp3) is 0.667. The molecule has 0 aliphatic carbocycles. The lowest BCUT2D eigenvalue weighted by atomic mass is 10.4. The minimum Gasteiger partial charge on any atom is -0.463 e. The van der Waals surface area contributed by atoms with Gasteiger partial charge in [0.25, 0.3) is 0 Å². The quantitative estimate of drug-likeness (QED) is 0.489. The highest BCUT2D eigenvalue weighted by molar-refractivity contribution is 8.00. The minimum atomic E-state index is -0.273. The third-order valence-corrected chi connectivity index (χ3v) is 2.34. The molecule has 0 saturated carbocycles. The second kappa shape index (κ2) is 6.12. The molecular weight excluding hydrogens is 172 g/mol. The Morgan fingerprint density at radius 2 is 2.17 bits per heavy atom. The van der Waals surface area contributed by atoms with Gasteiger partial charge in [-0.1, -0.05) is 20.4 Å². The summed E-state index contributed by atoms with van der Waals surface area (Å²) in [5.74, 6) is 0.391. The molecule has 0 atom stereocenters. The molecule has 12 heavy (non-hydrogen) atoms. The zero-order valence-electron chi connectivity index (χ0n) is 7.92. The summed E-state index contributed by atoms with van der Waals surface area (Å²) in [5, 5.41) is 0.524. The average Bonchev–Trinajstić information content (AvgIpc) is 2.00. The smallest absolute Gasteiger partial charge is 0.334 e. The highest BCUT2D eigenvalue weighted by atomic mass is 32.2. The van der Waals surface area contributed by atoms with Crippen molar-refractivity contribution in [3.8, 4) is 0 Å². The Balaban J connectivity index is 3.65. The van der Waals surface area contributed by atoms with E-state index in [0.29, 0.717) is 23.2 Å². The van der Waals surface area contributed by atoms with E-state index < -0.39 is 0 Å². The van der Waals surface area contributed by atoms with E-state index in [2.05, 4.69) is 20.4 Å². The summed E-state index contributed by atoms with van der Waals surface area (Å²) in [4.78, 5) is 11.0. The highest BCUT2D eigenvalue weighted by Gasteiger charge is 2.07. The van der Waals surface area contributed by atoms with Crippen molar-refractivity contribution in [2.75, 3.05) is 12.4 Å². The summed E-state index contributed by atoms with van der Waals surface area (Å²) >= 11 is 1.69. The van der Waals surface area contributed by atoms with Crippen molar-refractivity contribution in [2.24, 2.45) is 0 Å². The highest BCUT2D eigenvalue weighted by Crippen LogP contribution is 2.13. The fourth-order valence-electron chi connectivity index (χ4n) is 0.559. The molecule has 2 nitrogen and oxygen atoms in total. The molecule has 0 amide bonds. The summed E-state index contributed by atoms with van der Waals surface area (Å²) in [5.41, 5.74) is 0.551. The maximum atomic E-state index is 11.0. The Morgan fingerprint density at radius 1 is 1.58 bits per heavy atom. The zero-order valence-corrected chi connectivity index (χ0v) is 8.74. The van der Waals surface area contributed by atoms with Crippen LogP contribution in [0.1, 0.15) is 20.8 Å². The lowest BCUT2D eigenvalue weighted by molar-refractivity contribution is -0.138. The molecular formula is C9H16O2S. The normalized spacial score (nSPS) is 10.0. The standard InChI is InChI=1S/C9H16O2S/c1-5-11-9(10)8(4)6-12-7(2)3/h7H,4-6H2,1-3H3. The number of rotatable bonds is 5. The summed E-state index contributed by atoms with van der Waals surface area (Å²) in [7, 11) is 0. The molecule has 3 heteroatoms. The number of ether oxygens (including phenoxy) is 1. The SMILES string of the molecule is C=C(CSC(C)C)C(=O)OCC. The van der Waals surface area contributed by atoms with Crippen LogP contribution in [0.3, 0.4) is 0 Å². The van der Waals surface area contributed by atoms with E-state index in [1.165, 1.54) is 0 Å². The molecule has 0 heterocycles. The van der Waals surface area contributed by atoms with Crippen LogP contribution in [0.5, 0.6) is 0 Å². The Labute approximate surface area is 78.4 Å². The monoisotopic (exact) mass is 188 g/mol. The van der Waals surface area contributed by atoms with Crippen LogP contribution in [0.2, 0.25) is 0 Å². The Hall–Kier alpha value is -0.440. The van der Waals surface area contributed by atoms with E-state index in [0.717, 1.165) is 0 Å². The van der Waals surface area contributed by atoms with Gasteiger partial charge in [0.1, 0.15) is 0 Å². The van der Waals surface area contributed by atoms with E-state index >= 15 is 0 Å². The van der Waals surface area contributed by atoms with Crippen LogP contribution >= 0.6 is 11.8 Å². The van der Waals surface area contributed by atoms with Crippen LogP contribution in [-0.2, 0) is 9.53 Å². The summed E-state index contributed by atoms with van der Waals surface area (Å²) < 4.78 is 4.78. The maximum Gasteiger partial charge on any atom is 0.334 e. The van der Waals surface area contributed by atoms with Crippen molar-refractivity contribution >= 4 is 17.7 Å². The lowest BCUT2D eigenvalue weighted by Crippen LogP contribution is -2.09. The zero-order chi connectivity index (χ0) is 9.56. The summed E-state index contributed by atoms with van der Waals surface area (Å²) in [6, 6.07) is 0. The first-order valence-corrected chi connectivity index (χ1v) is 5.09. The van der Waals surface area contributed by atoms with Gasteiger partial charge in [0, 0.05) is 11.3 Å².